The summed E-state index contributed by atoms with van der Waals surface area (Å²) in [6.07, 6.45) is -4.74. The Kier molecular flexibility index (Phi) is 5.17. The smallest absolute Gasteiger partial charge is 0.425 e. The number of aliphatic imine (C=N–C) groups is 1. The van der Waals surface area contributed by atoms with Gasteiger partial charge in [0.25, 0.3) is 6.02 Å². The SMILES string of the molecule is C[C@@]1(c2cc(C#Cc3ncc(Cl)cn3)ccc2F)C[C@@H](C(F)(F)F)OC(N)=N1. The van der Waals surface area contributed by atoms with Crippen LogP contribution in [0.5, 0.6) is 0 Å². The van der Waals surface area contributed by atoms with Gasteiger partial charge in [0.05, 0.1) is 23.0 Å². The van der Waals surface area contributed by atoms with Crippen molar-refractivity contribution < 1.29 is 22.3 Å². The first kappa shape index (κ1) is 19.9. The van der Waals surface area contributed by atoms with Gasteiger partial charge in [-0.25, -0.2) is 19.4 Å². The molecule has 0 fully saturated rings. The van der Waals surface area contributed by atoms with Crippen LogP contribution in [0.15, 0.2) is 35.6 Å². The van der Waals surface area contributed by atoms with Crippen molar-refractivity contribution in [3.05, 3.63) is 58.4 Å². The van der Waals surface area contributed by atoms with Crippen LogP contribution in [0.3, 0.4) is 0 Å². The Morgan fingerprint density at radius 2 is 1.93 bits per heavy atom. The molecule has 2 atom stereocenters. The summed E-state index contributed by atoms with van der Waals surface area (Å²) in [6.45, 7) is 1.36. The van der Waals surface area contributed by atoms with Crippen LogP contribution in [-0.4, -0.2) is 28.3 Å². The number of nitrogens with zero attached hydrogens (tertiary/aromatic N) is 3. The van der Waals surface area contributed by atoms with Crippen molar-refractivity contribution in [1.29, 1.82) is 0 Å². The normalized spacial score (nSPS) is 21.9. The summed E-state index contributed by atoms with van der Waals surface area (Å²) in [4.78, 5) is 11.7. The minimum Gasteiger partial charge on any atom is -0.452 e. The quantitative estimate of drug-likeness (QED) is 0.574. The second-order valence-corrected chi connectivity index (χ2v) is 6.68. The zero-order valence-electron chi connectivity index (χ0n) is 14.4. The molecule has 1 aliphatic heterocycles. The molecule has 0 amide bonds. The van der Waals surface area contributed by atoms with Crippen molar-refractivity contribution in [3.8, 4) is 11.8 Å². The van der Waals surface area contributed by atoms with Gasteiger partial charge in [0, 0.05) is 17.5 Å². The van der Waals surface area contributed by atoms with Gasteiger partial charge >= 0.3 is 6.18 Å². The summed E-state index contributed by atoms with van der Waals surface area (Å²) in [6, 6.07) is 3.17. The van der Waals surface area contributed by atoms with Crippen molar-refractivity contribution in [3.63, 3.8) is 0 Å². The van der Waals surface area contributed by atoms with Gasteiger partial charge in [-0.05, 0) is 31.0 Å². The Balaban J connectivity index is 1.97. The fourth-order valence-corrected chi connectivity index (χ4v) is 2.83. The molecule has 0 saturated heterocycles. The predicted molar refractivity (Wildman–Crippen MR) is 93.9 cm³/mol. The van der Waals surface area contributed by atoms with E-state index in [1.165, 1.54) is 31.5 Å². The highest BCUT2D eigenvalue weighted by Crippen LogP contribution is 2.40. The van der Waals surface area contributed by atoms with E-state index >= 15 is 0 Å². The molecule has 0 bridgehead atoms. The summed E-state index contributed by atoms with van der Waals surface area (Å²) >= 11 is 5.70. The molecule has 3 rings (SSSR count). The van der Waals surface area contributed by atoms with Gasteiger partial charge < -0.3 is 10.5 Å². The third-order valence-corrected chi connectivity index (χ3v) is 4.25. The summed E-state index contributed by atoms with van der Waals surface area (Å²) in [5.74, 6) is 4.87. The van der Waals surface area contributed by atoms with E-state index in [-0.39, 0.29) is 11.4 Å². The molecule has 2 N–H and O–H groups in total. The molecule has 2 aromatic rings. The summed E-state index contributed by atoms with van der Waals surface area (Å²) in [5, 5.41) is 0.344. The Bertz CT molecular complexity index is 982. The maximum absolute atomic E-state index is 14.4. The number of alkyl halides is 3. The van der Waals surface area contributed by atoms with Gasteiger partial charge in [-0.2, -0.15) is 13.2 Å². The standard InChI is InChI=1S/C18H13ClF4N4O/c1-17(7-14(18(21,22)23)28-16(24)27-17)12-6-10(2-4-13(12)20)3-5-15-25-8-11(19)9-26-15/h2,4,6,8-9,14H,7H2,1H3,(H2,24,27)/t14-,17-/m0/s1. The number of nitrogens with two attached hydrogens (primary N) is 1. The van der Waals surface area contributed by atoms with Crippen LogP contribution in [0.2, 0.25) is 5.02 Å². The molecule has 10 heteroatoms. The van der Waals surface area contributed by atoms with Crippen LogP contribution in [-0.2, 0) is 10.3 Å². The Morgan fingerprint density at radius 1 is 1.25 bits per heavy atom. The highest BCUT2D eigenvalue weighted by molar-refractivity contribution is 6.30. The van der Waals surface area contributed by atoms with E-state index in [1.807, 2.05) is 0 Å². The molecule has 0 radical (unpaired) electrons. The lowest BCUT2D eigenvalue weighted by Crippen LogP contribution is -2.46. The summed E-state index contributed by atoms with van der Waals surface area (Å²) in [5.41, 5.74) is 4.13. The zero-order valence-corrected chi connectivity index (χ0v) is 15.1. The van der Waals surface area contributed by atoms with Crippen LogP contribution < -0.4 is 5.73 Å². The number of amidine groups is 1. The van der Waals surface area contributed by atoms with Gasteiger partial charge in [0.15, 0.2) is 6.10 Å². The van der Waals surface area contributed by atoms with Crippen molar-refractivity contribution in [1.82, 2.24) is 9.97 Å². The van der Waals surface area contributed by atoms with Crippen LogP contribution in [0.25, 0.3) is 0 Å². The average molecular weight is 413 g/mol. The first-order valence-electron chi connectivity index (χ1n) is 7.95. The zero-order chi connectivity index (χ0) is 20.5. The van der Waals surface area contributed by atoms with Crippen molar-refractivity contribution in [2.75, 3.05) is 0 Å². The van der Waals surface area contributed by atoms with E-state index < -0.39 is 36.1 Å². The predicted octanol–water partition coefficient (Wildman–Crippen LogP) is 3.55. The Morgan fingerprint density at radius 3 is 2.57 bits per heavy atom. The minimum atomic E-state index is -4.67. The van der Waals surface area contributed by atoms with E-state index in [1.54, 1.807) is 0 Å². The third kappa shape index (κ3) is 4.34. The topological polar surface area (TPSA) is 73.4 Å². The molecular weight excluding hydrogens is 400 g/mol. The highest BCUT2D eigenvalue weighted by Gasteiger charge is 2.50. The first-order chi connectivity index (χ1) is 13.1. The number of benzene rings is 1. The van der Waals surface area contributed by atoms with Gasteiger partial charge in [0.1, 0.15) is 5.82 Å². The molecule has 0 spiro atoms. The first-order valence-corrected chi connectivity index (χ1v) is 8.33. The lowest BCUT2D eigenvalue weighted by molar-refractivity contribution is -0.208. The second kappa shape index (κ2) is 7.28. The van der Waals surface area contributed by atoms with Gasteiger partial charge in [-0.15, -0.1) is 0 Å². The fourth-order valence-electron chi connectivity index (χ4n) is 2.74. The molecule has 0 saturated carbocycles. The van der Waals surface area contributed by atoms with Crippen LogP contribution in [0, 0.1) is 17.7 Å². The Hall–Kier alpha value is -2.86. The van der Waals surface area contributed by atoms with Crippen molar-refractivity contribution in [2.24, 2.45) is 10.7 Å². The van der Waals surface area contributed by atoms with Crippen molar-refractivity contribution in [2.45, 2.75) is 31.2 Å². The van der Waals surface area contributed by atoms with E-state index in [9.17, 15) is 17.6 Å². The van der Waals surface area contributed by atoms with E-state index in [4.69, 9.17) is 17.3 Å². The van der Waals surface area contributed by atoms with Crippen LogP contribution in [0.4, 0.5) is 17.6 Å². The van der Waals surface area contributed by atoms with E-state index in [0.717, 1.165) is 6.07 Å². The van der Waals surface area contributed by atoms with Gasteiger partial charge in [-0.3, -0.25) is 0 Å². The highest BCUT2D eigenvalue weighted by atomic mass is 35.5. The molecule has 146 valence electrons. The molecule has 1 aromatic heterocycles. The third-order valence-electron chi connectivity index (χ3n) is 4.05. The second-order valence-electron chi connectivity index (χ2n) is 6.25. The molecule has 2 heterocycles. The molecule has 28 heavy (non-hydrogen) atoms. The number of hydrogen-bond acceptors (Lipinski definition) is 5. The molecule has 5 nitrogen and oxygen atoms in total. The van der Waals surface area contributed by atoms with Gasteiger partial charge in [-0.1, -0.05) is 17.5 Å². The largest absolute Gasteiger partial charge is 0.452 e. The summed E-state index contributed by atoms with van der Waals surface area (Å²) < 4.78 is 58.4. The van der Waals surface area contributed by atoms with Crippen molar-refractivity contribution >= 4 is 17.6 Å². The van der Waals surface area contributed by atoms with E-state index in [0.29, 0.717) is 10.6 Å². The van der Waals surface area contributed by atoms with E-state index in [2.05, 4.69) is 31.5 Å². The molecule has 1 aliphatic rings. The Labute approximate surface area is 162 Å². The number of hydrogen-bond donors (Lipinski definition) is 1. The molecule has 0 aliphatic carbocycles. The fraction of sp³-hybridized carbons (Fsp3) is 0.278. The number of ether oxygens (including phenoxy) is 1. The number of halogens is 5. The monoisotopic (exact) mass is 412 g/mol. The minimum absolute atomic E-state index is 0.0724. The lowest BCUT2D eigenvalue weighted by Gasteiger charge is -2.35. The molecule has 0 unspecified atom stereocenters. The maximum Gasteiger partial charge on any atom is 0.425 e. The number of aromatic nitrogens is 2. The van der Waals surface area contributed by atoms with Crippen LogP contribution >= 0.6 is 11.6 Å². The van der Waals surface area contributed by atoms with Gasteiger partial charge in [0.2, 0.25) is 5.82 Å². The number of rotatable bonds is 1. The maximum atomic E-state index is 14.4. The lowest BCUT2D eigenvalue weighted by atomic mass is 9.85. The van der Waals surface area contributed by atoms with Crippen LogP contribution in [0.1, 0.15) is 30.3 Å². The average Bonchev–Trinajstić information content (AvgIpc) is 2.61. The summed E-state index contributed by atoms with van der Waals surface area (Å²) in [7, 11) is 0. The molecular formula is C18H13ClF4N4O. The molecule has 1 aromatic carbocycles.